The second-order valence-electron chi connectivity index (χ2n) is 4.45. The largest absolute Gasteiger partial charge is 0.384 e. The first-order valence-electron chi connectivity index (χ1n) is 6.13. The Morgan fingerprint density at radius 2 is 1.83 bits per heavy atom. The molecule has 0 bridgehead atoms. The van der Waals surface area contributed by atoms with Crippen LogP contribution in [0.25, 0.3) is 0 Å². The van der Waals surface area contributed by atoms with Gasteiger partial charge in [-0.25, -0.2) is 13.1 Å². The Morgan fingerprint density at radius 3 is 2.39 bits per heavy atom. The van der Waals surface area contributed by atoms with Crippen molar-refractivity contribution in [3.05, 3.63) is 24.3 Å². The fourth-order valence-corrected chi connectivity index (χ4v) is 2.88. The number of benzene rings is 1. The van der Waals surface area contributed by atoms with Crippen LogP contribution in [-0.4, -0.2) is 34.6 Å². The summed E-state index contributed by atoms with van der Waals surface area (Å²) in [6.07, 6.45) is 1.89. The highest BCUT2D eigenvalue weighted by Crippen LogP contribution is 2.22. The third kappa shape index (κ3) is 3.69. The number of rotatable bonds is 7. The molecule has 3 N–H and O–H groups in total. The number of hydrogen-bond donors (Lipinski definition) is 3. The molecule has 1 saturated carbocycles. The summed E-state index contributed by atoms with van der Waals surface area (Å²) >= 11 is 0. The van der Waals surface area contributed by atoms with Gasteiger partial charge in [0.1, 0.15) is 0 Å². The highest BCUT2D eigenvalue weighted by atomic mass is 32.2. The Balaban J connectivity index is 1.97. The van der Waals surface area contributed by atoms with Gasteiger partial charge in [0.25, 0.3) is 0 Å². The molecule has 0 aromatic heterocycles. The van der Waals surface area contributed by atoms with E-state index in [2.05, 4.69) is 15.4 Å². The first kappa shape index (κ1) is 13.3. The van der Waals surface area contributed by atoms with Crippen molar-refractivity contribution < 1.29 is 8.42 Å². The molecule has 100 valence electrons. The van der Waals surface area contributed by atoms with Crippen LogP contribution in [0.4, 0.5) is 5.69 Å². The van der Waals surface area contributed by atoms with Crippen LogP contribution in [-0.2, 0) is 10.0 Å². The molecular formula is C12H19N3O2S. The molecule has 1 aromatic carbocycles. The van der Waals surface area contributed by atoms with Gasteiger partial charge in [-0.05, 0) is 44.2 Å². The summed E-state index contributed by atoms with van der Waals surface area (Å²) < 4.78 is 26.5. The summed E-state index contributed by atoms with van der Waals surface area (Å²) in [6.45, 7) is 1.67. The highest BCUT2D eigenvalue weighted by molar-refractivity contribution is 7.89. The molecule has 0 amide bonds. The molecule has 0 unspecified atom stereocenters. The Bertz CT molecular complexity index is 481. The van der Waals surface area contributed by atoms with Crippen LogP contribution in [0.2, 0.25) is 0 Å². The van der Waals surface area contributed by atoms with Crippen LogP contribution in [0.3, 0.4) is 0 Å². The van der Waals surface area contributed by atoms with E-state index in [0.717, 1.165) is 31.6 Å². The van der Waals surface area contributed by atoms with Gasteiger partial charge in [0, 0.05) is 24.8 Å². The fraction of sp³-hybridized carbons (Fsp3) is 0.500. The topological polar surface area (TPSA) is 70.2 Å². The van der Waals surface area contributed by atoms with Crippen molar-refractivity contribution in [1.82, 2.24) is 10.0 Å². The molecule has 1 fully saturated rings. The van der Waals surface area contributed by atoms with Crippen molar-refractivity contribution in [3.63, 3.8) is 0 Å². The number of hydrogen-bond acceptors (Lipinski definition) is 4. The van der Waals surface area contributed by atoms with E-state index in [-0.39, 0.29) is 6.04 Å². The van der Waals surface area contributed by atoms with E-state index in [1.54, 1.807) is 24.3 Å². The van der Waals surface area contributed by atoms with Gasteiger partial charge in [-0.2, -0.15) is 0 Å². The van der Waals surface area contributed by atoms with E-state index < -0.39 is 10.0 Å². The van der Waals surface area contributed by atoms with Crippen LogP contribution in [0, 0.1) is 0 Å². The molecule has 0 aliphatic heterocycles. The molecule has 0 spiro atoms. The lowest BCUT2D eigenvalue weighted by molar-refractivity contribution is 0.581. The maximum absolute atomic E-state index is 11.9. The maximum Gasteiger partial charge on any atom is 0.240 e. The van der Waals surface area contributed by atoms with E-state index in [9.17, 15) is 8.42 Å². The zero-order chi connectivity index (χ0) is 13.0. The van der Waals surface area contributed by atoms with Crippen molar-refractivity contribution in [3.8, 4) is 0 Å². The predicted molar refractivity (Wildman–Crippen MR) is 72.2 cm³/mol. The van der Waals surface area contributed by atoms with Gasteiger partial charge in [0.2, 0.25) is 10.0 Å². The third-order valence-corrected chi connectivity index (χ3v) is 4.30. The average Bonchev–Trinajstić information content (AvgIpc) is 3.13. The van der Waals surface area contributed by atoms with E-state index in [4.69, 9.17) is 0 Å². The van der Waals surface area contributed by atoms with Gasteiger partial charge < -0.3 is 10.6 Å². The Morgan fingerprint density at radius 1 is 1.17 bits per heavy atom. The lowest BCUT2D eigenvalue weighted by Gasteiger charge is -2.08. The Hall–Kier alpha value is -1.11. The van der Waals surface area contributed by atoms with Gasteiger partial charge in [-0.3, -0.25) is 0 Å². The number of sulfonamides is 1. The Labute approximate surface area is 108 Å². The zero-order valence-electron chi connectivity index (χ0n) is 10.4. The molecule has 5 nitrogen and oxygen atoms in total. The SMILES string of the molecule is CNCCNc1ccc(S(=O)(=O)NC2CC2)cc1. The molecule has 18 heavy (non-hydrogen) atoms. The van der Waals surface area contributed by atoms with E-state index >= 15 is 0 Å². The molecule has 0 atom stereocenters. The summed E-state index contributed by atoms with van der Waals surface area (Å²) in [5, 5.41) is 6.23. The van der Waals surface area contributed by atoms with E-state index in [0.29, 0.717) is 4.90 Å². The minimum atomic E-state index is -3.33. The number of anilines is 1. The van der Waals surface area contributed by atoms with Gasteiger partial charge in [0.15, 0.2) is 0 Å². The lowest BCUT2D eigenvalue weighted by atomic mass is 10.3. The van der Waals surface area contributed by atoms with Crippen LogP contribution >= 0.6 is 0 Å². The molecule has 2 rings (SSSR count). The van der Waals surface area contributed by atoms with Crippen LogP contribution in [0.5, 0.6) is 0 Å². The van der Waals surface area contributed by atoms with Gasteiger partial charge in [-0.15, -0.1) is 0 Å². The quantitative estimate of drug-likeness (QED) is 0.639. The van der Waals surface area contributed by atoms with Crippen molar-refractivity contribution in [2.24, 2.45) is 0 Å². The first-order chi connectivity index (χ1) is 8.62. The van der Waals surface area contributed by atoms with Gasteiger partial charge >= 0.3 is 0 Å². The molecule has 0 heterocycles. The summed E-state index contributed by atoms with van der Waals surface area (Å²) in [4.78, 5) is 0.327. The summed E-state index contributed by atoms with van der Waals surface area (Å²) in [7, 11) is -1.44. The van der Waals surface area contributed by atoms with Crippen molar-refractivity contribution in [2.75, 3.05) is 25.5 Å². The van der Waals surface area contributed by atoms with E-state index in [1.165, 1.54) is 0 Å². The highest BCUT2D eigenvalue weighted by Gasteiger charge is 2.27. The molecule has 1 aliphatic carbocycles. The van der Waals surface area contributed by atoms with E-state index in [1.807, 2.05) is 7.05 Å². The van der Waals surface area contributed by atoms with Crippen molar-refractivity contribution >= 4 is 15.7 Å². The maximum atomic E-state index is 11.9. The molecule has 6 heteroatoms. The van der Waals surface area contributed by atoms with Gasteiger partial charge in [0.05, 0.1) is 4.90 Å². The summed E-state index contributed by atoms with van der Waals surface area (Å²) in [5.41, 5.74) is 0.927. The molecule has 0 saturated heterocycles. The second kappa shape index (κ2) is 5.69. The lowest BCUT2D eigenvalue weighted by Crippen LogP contribution is -2.25. The molecule has 1 aliphatic rings. The number of nitrogens with one attached hydrogen (secondary N) is 3. The molecule has 1 aromatic rings. The zero-order valence-corrected chi connectivity index (χ0v) is 11.3. The number of likely N-dealkylation sites (N-methyl/N-ethyl adjacent to an activating group) is 1. The molecule has 0 radical (unpaired) electrons. The van der Waals surface area contributed by atoms with Crippen molar-refractivity contribution in [2.45, 2.75) is 23.8 Å². The third-order valence-electron chi connectivity index (χ3n) is 2.77. The van der Waals surface area contributed by atoms with Crippen molar-refractivity contribution in [1.29, 1.82) is 0 Å². The first-order valence-corrected chi connectivity index (χ1v) is 7.61. The smallest absolute Gasteiger partial charge is 0.240 e. The summed E-state index contributed by atoms with van der Waals surface area (Å²) in [6, 6.07) is 6.98. The van der Waals surface area contributed by atoms with Crippen LogP contribution in [0.15, 0.2) is 29.2 Å². The van der Waals surface area contributed by atoms with Crippen LogP contribution < -0.4 is 15.4 Å². The average molecular weight is 269 g/mol. The molecular weight excluding hydrogens is 250 g/mol. The monoisotopic (exact) mass is 269 g/mol. The van der Waals surface area contributed by atoms with Crippen LogP contribution in [0.1, 0.15) is 12.8 Å². The van der Waals surface area contributed by atoms with Gasteiger partial charge in [-0.1, -0.05) is 0 Å². The second-order valence-corrected chi connectivity index (χ2v) is 6.16. The predicted octanol–water partition coefficient (Wildman–Crippen LogP) is 0.759. The Kier molecular flexibility index (Phi) is 4.21. The minimum Gasteiger partial charge on any atom is -0.384 e. The summed E-state index contributed by atoms with van der Waals surface area (Å²) in [5.74, 6) is 0. The standard InChI is InChI=1S/C12H19N3O2S/c1-13-8-9-14-10-4-6-12(7-5-10)18(16,17)15-11-2-3-11/h4-7,11,13-15H,2-3,8-9H2,1H3. The fourth-order valence-electron chi connectivity index (χ4n) is 1.57. The normalized spacial score (nSPS) is 15.6. The minimum absolute atomic E-state index is 0.142.